The lowest BCUT2D eigenvalue weighted by molar-refractivity contribution is -0.131. The average Bonchev–Trinajstić information content (AvgIpc) is 3.28. The maximum atomic E-state index is 12.8. The van der Waals surface area contributed by atoms with Crippen LogP contribution in [0.3, 0.4) is 0 Å². The second-order valence-corrected chi connectivity index (χ2v) is 6.52. The van der Waals surface area contributed by atoms with Crippen LogP contribution < -0.4 is 4.74 Å². The Morgan fingerprint density at radius 2 is 2.08 bits per heavy atom. The topological polar surface area (TPSA) is 42.7 Å². The van der Waals surface area contributed by atoms with E-state index in [-0.39, 0.29) is 5.91 Å². The molecule has 5 heteroatoms. The maximum absolute atomic E-state index is 12.8. The molecule has 0 radical (unpaired) electrons. The van der Waals surface area contributed by atoms with E-state index in [0.717, 1.165) is 21.8 Å². The fourth-order valence-electron chi connectivity index (χ4n) is 2.49. The molecule has 0 fully saturated rings. The van der Waals surface area contributed by atoms with Crippen molar-refractivity contribution in [3.05, 3.63) is 76.4 Å². The molecule has 1 aromatic carbocycles. The number of amides is 1. The first-order valence-corrected chi connectivity index (χ1v) is 8.57. The lowest BCUT2D eigenvalue weighted by atomic mass is 10.1. The molecule has 0 aliphatic heterocycles. The zero-order chi connectivity index (χ0) is 16.8. The third kappa shape index (κ3) is 4.26. The molecule has 0 aliphatic carbocycles. The van der Waals surface area contributed by atoms with Crippen molar-refractivity contribution in [2.45, 2.75) is 19.5 Å². The van der Waals surface area contributed by atoms with E-state index in [4.69, 9.17) is 9.15 Å². The molecule has 2 heterocycles. The number of methoxy groups -OCH3 is 1. The zero-order valence-electron chi connectivity index (χ0n) is 13.5. The predicted octanol–water partition coefficient (Wildman–Crippen LogP) is 4.12. The molecule has 0 spiro atoms. The molecule has 1 amide bonds. The standard InChI is InChI=1S/C19H19NO3S/c1-22-17-5-2-4-15(10-17)11-19(21)20(12-16-7-8-23-14-16)13-18-6-3-9-24-18/h2-10,14H,11-13H2,1H3. The minimum Gasteiger partial charge on any atom is -0.497 e. The van der Waals surface area contributed by atoms with Crippen molar-refractivity contribution in [2.75, 3.05) is 7.11 Å². The van der Waals surface area contributed by atoms with Gasteiger partial charge in [0.25, 0.3) is 0 Å². The van der Waals surface area contributed by atoms with Crippen molar-refractivity contribution in [3.8, 4) is 5.75 Å². The Bertz CT molecular complexity index is 730. The van der Waals surface area contributed by atoms with Crippen LogP contribution in [0.2, 0.25) is 0 Å². The van der Waals surface area contributed by atoms with Crippen molar-refractivity contribution in [2.24, 2.45) is 0 Å². The number of hydrogen-bond donors (Lipinski definition) is 0. The Morgan fingerprint density at radius 1 is 1.17 bits per heavy atom. The second-order valence-electron chi connectivity index (χ2n) is 5.49. The maximum Gasteiger partial charge on any atom is 0.227 e. The summed E-state index contributed by atoms with van der Waals surface area (Å²) < 4.78 is 10.4. The molecule has 4 nitrogen and oxygen atoms in total. The normalized spacial score (nSPS) is 10.5. The summed E-state index contributed by atoms with van der Waals surface area (Å²) in [4.78, 5) is 15.8. The van der Waals surface area contributed by atoms with Crippen LogP contribution in [-0.4, -0.2) is 17.9 Å². The summed E-state index contributed by atoms with van der Waals surface area (Å²) in [5.74, 6) is 0.845. The van der Waals surface area contributed by atoms with Gasteiger partial charge in [-0.15, -0.1) is 11.3 Å². The van der Waals surface area contributed by atoms with E-state index in [2.05, 4.69) is 0 Å². The van der Waals surface area contributed by atoms with Gasteiger partial charge in [-0.1, -0.05) is 18.2 Å². The molecule has 3 aromatic rings. The van der Waals surface area contributed by atoms with Crippen LogP contribution in [0.15, 0.2) is 64.8 Å². The third-order valence-electron chi connectivity index (χ3n) is 3.72. The van der Waals surface area contributed by atoms with Crippen molar-refractivity contribution in [1.29, 1.82) is 0 Å². The molecule has 124 valence electrons. The molecular formula is C19H19NO3S. The smallest absolute Gasteiger partial charge is 0.227 e. The van der Waals surface area contributed by atoms with Gasteiger partial charge < -0.3 is 14.1 Å². The SMILES string of the molecule is COc1cccc(CC(=O)N(Cc2ccoc2)Cc2cccs2)c1. The van der Waals surface area contributed by atoms with Gasteiger partial charge in [-0.2, -0.15) is 0 Å². The minimum atomic E-state index is 0.0813. The fraction of sp³-hybridized carbons (Fsp3) is 0.211. The van der Waals surface area contributed by atoms with Crippen LogP contribution in [0.25, 0.3) is 0 Å². The van der Waals surface area contributed by atoms with Crippen LogP contribution in [0, 0.1) is 0 Å². The lowest BCUT2D eigenvalue weighted by Gasteiger charge is -2.22. The van der Waals surface area contributed by atoms with Crippen molar-refractivity contribution in [1.82, 2.24) is 4.90 Å². The average molecular weight is 341 g/mol. The summed E-state index contributed by atoms with van der Waals surface area (Å²) in [6.45, 7) is 1.14. The number of benzene rings is 1. The molecule has 0 atom stereocenters. The number of hydrogen-bond acceptors (Lipinski definition) is 4. The van der Waals surface area contributed by atoms with E-state index in [0.29, 0.717) is 19.5 Å². The highest BCUT2D eigenvalue weighted by molar-refractivity contribution is 7.09. The molecule has 0 unspecified atom stereocenters. The Kier molecular flexibility index (Phi) is 5.33. The summed E-state index contributed by atoms with van der Waals surface area (Å²) in [6, 6.07) is 13.6. The highest BCUT2D eigenvalue weighted by Gasteiger charge is 2.16. The number of carbonyl (C=O) groups excluding carboxylic acids is 1. The van der Waals surface area contributed by atoms with Crippen LogP contribution in [0.4, 0.5) is 0 Å². The number of furan rings is 1. The van der Waals surface area contributed by atoms with E-state index in [1.807, 2.05) is 52.7 Å². The number of ether oxygens (including phenoxy) is 1. The number of carbonyl (C=O) groups is 1. The molecular weight excluding hydrogens is 322 g/mol. The molecule has 0 saturated heterocycles. The van der Waals surface area contributed by atoms with E-state index in [1.165, 1.54) is 0 Å². The minimum absolute atomic E-state index is 0.0813. The highest BCUT2D eigenvalue weighted by Crippen LogP contribution is 2.18. The Labute approximate surface area is 145 Å². The number of nitrogens with zero attached hydrogens (tertiary/aromatic N) is 1. The fourth-order valence-corrected chi connectivity index (χ4v) is 3.21. The van der Waals surface area contributed by atoms with E-state index in [1.54, 1.807) is 31.0 Å². The zero-order valence-corrected chi connectivity index (χ0v) is 14.3. The molecule has 24 heavy (non-hydrogen) atoms. The molecule has 0 saturated carbocycles. The van der Waals surface area contributed by atoms with Crippen LogP contribution >= 0.6 is 11.3 Å². The van der Waals surface area contributed by atoms with Crippen molar-refractivity contribution in [3.63, 3.8) is 0 Å². The van der Waals surface area contributed by atoms with E-state index < -0.39 is 0 Å². The first-order valence-electron chi connectivity index (χ1n) is 7.69. The Hall–Kier alpha value is -2.53. The molecule has 2 aromatic heterocycles. The Morgan fingerprint density at radius 3 is 2.79 bits per heavy atom. The van der Waals surface area contributed by atoms with Gasteiger partial charge in [0.05, 0.1) is 32.6 Å². The summed E-state index contributed by atoms with van der Waals surface area (Å²) in [5, 5.41) is 2.03. The molecule has 0 N–H and O–H groups in total. The first kappa shape index (κ1) is 16.3. The highest BCUT2D eigenvalue weighted by atomic mass is 32.1. The quantitative estimate of drug-likeness (QED) is 0.649. The van der Waals surface area contributed by atoms with E-state index in [9.17, 15) is 4.79 Å². The Balaban J connectivity index is 1.74. The van der Waals surface area contributed by atoms with Gasteiger partial charge >= 0.3 is 0 Å². The van der Waals surface area contributed by atoms with Gasteiger partial charge in [0.15, 0.2) is 0 Å². The largest absolute Gasteiger partial charge is 0.497 e. The molecule has 0 aliphatic rings. The monoisotopic (exact) mass is 341 g/mol. The summed E-state index contributed by atoms with van der Waals surface area (Å²) in [5.41, 5.74) is 1.94. The van der Waals surface area contributed by atoms with Crippen LogP contribution in [0.5, 0.6) is 5.75 Å². The van der Waals surface area contributed by atoms with Crippen LogP contribution in [-0.2, 0) is 24.3 Å². The summed E-state index contributed by atoms with van der Waals surface area (Å²) in [6.07, 6.45) is 3.66. The van der Waals surface area contributed by atoms with Gasteiger partial charge in [0.2, 0.25) is 5.91 Å². The van der Waals surface area contributed by atoms with Gasteiger partial charge in [0, 0.05) is 17.0 Å². The summed E-state index contributed by atoms with van der Waals surface area (Å²) in [7, 11) is 1.63. The van der Waals surface area contributed by atoms with Crippen molar-refractivity contribution >= 4 is 17.2 Å². The second kappa shape index (κ2) is 7.84. The van der Waals surface area contributed by atoms with Gasteiger partial charge in [0.1, 0.15) is 5.75 Å². The van der Waals surface area contributed by atoms with Crippen LogP contribution in [0.1, 0.15) is 16.0 Å². The van der Waals surface area contributed by atoms with Gasteiger partial charge in [-0.25, -0.2) is 0 Å². The predicted molar refractivity (Wildman–Crippen MR) is 94.0 cm³/mol. The van der Waals surface area contributed by atoms with Crippen molar-refractivity contribution < 1.29 is 13.9 Å². The van der Waals surface area contributed by atoms with E-state index >= 15 is 0 Å². The van der Waals surface area contributed by atoms with Gasteiger partial charge in [-0.3, -0.25) is 4.79 Å². The number of thiophene rings is 1. The number of rotatable bonds is 7. The molecule has 0 bridgehead atoms. The van der Waals surface area contributed by atoms with Gasteiger partial charge in [-0.05, 0) is 35.2 Å². The third-order valence-corrected chi connectivity index (χ3v) is 4.58. The first-order chi connectivity index (χ1) is 11.7. The molecule has 3 rings (SSSR count). The lowest BCUT2D eigenvalue weighted by Crippen LogP contribution is -2.31. The summed E-state index contributed by atoms with van der Waals surface area (Å²) >= 11 is 1.66.